The van der Waals surface area contributed by atoms with E-state index in [1.165, 1.54) is 11.6 Å². The number of carbonyl (C=O) groups excluding carboxylic acids is 1. The number of nitrogens with zero attached hydrogens (tertiary/aromatic N) is 6. The van der Waals surface area contributed by atoms with Gasteiger partial charge in [0.05, 0.1) is 59.8 Å². The summed E-state index contributed by atoms with van der Waals surface area (Å²) in [6, 6.07) is 17.8. The summed E-state index contributed by atoms with van der Waals surface area (Å²) in [4.78, 5) is 27.4. The molecule has 2 N–H and O–H groups in total. The molecule has 278 valence electrons. The minimum atomic E-state index is -0.463. The van der Waals surface area contributed by atoms with Crippen LogP contribution in [0.25, 0.3) is 16.6 Å². The van der Waals surface area contributed by atoms with Gasteiger partial charge in [-0.1, -0.05) is 18.2 Å². The first-order valence-electron chi connectivity index (χ1n) is 18.4. The number of nitrogens with two attached hydrogens (primary N) is 1. The fourth-order valence-corrected chi connectivity index (χ4v) is 7.34. The van der Waals surface area contributed by atoms with Crippen molar-refractivity contribution < 1.29 is 23.4 Å². The van der Waals surface area contributed by atoms with Gasteiger partial charge in [-0.25, -0.2) is 14.4 Å². The van der Waals surface area contributed by atoms with Gasteiger partial charge in [-0.3, -0.25) is 9.69 Å². The van der Waals surface area contributed by atoms with Crippen molar-refractivity contribution in [3.05, 3.63) is 94.7 Å². The Kier molecular flexibility index (Phi) is 10.6. The molecule has 3 aliphatic rings. The number of likely N-dealkylation sites (N-methyl/N-ethyl adjacent to an activating group) is 1. The molecule has 1 unspecified atom stereocenters. The number of allylic oxidation sites excluding steroid dienone is 2. The largest absolute Gasteiger partial charge is 0.473 e. The Hall–Kier alpha value is -4.67. The summed E-state index contributed by atoms with van der Waals surface area (Å²) in [6.45, 7) is 9.42. The fraction of sp³-hybridized carbons (Fsp3) is 0.463. The SMILES string of the molecule is CN(CCOC(C)(C)CN)C(=O)c1ccc2nc(CN3CC4(CC=C(c5cccc(OCc6ccc(C#N)cc6F)n5)CC4)C3)n(CC3CCO3)c2c1. The molecule has 12 heteroatoms. The summed E-state index contributed by atoms with van der Waals surface area (Å²) in [5, 5.41) is 8.99. The number of hydrogen-bond donors (Lipinski definition) is 1. The normalized spacial score (nSPS) is 18.3. The van der Waals surface area contributed by atoms with E-state index in [2.05, 4.69) is 15.5 Å². The van der Waals surface area contributed by atoms with Crippen LogP contribution in [-0.4, -0.2) is 88.4 Å². The molecule has 2 aliphatic heterocycles. The molecule has 7 rings (SSSR count). The standard InChI is InChI=1S/C41H48FN7O4/c1-40(2,25-44)53-18-16-47(3)39(50)30-9-10-35-36(20-30)49(22-32-13-17-51-32)37(45-35)23-48-26-41(27-48)14-11-29(12-15-41)34-5-4-6-38(46-34)52-24-31-8-7-28(21-43)19-33(31)42/h4-11,19-20,32H,12-18,22-27,44H2,1-3H3. The van der Waals surface area contributed by atoms with Crippen molar-refractivity contribution in [2.24, 2.45) is 11.1 Å². The van der Waals surface area contributed by atoms with E-state index in [0.29, 0.717) is 43.2 Å². The van der Waals surface area contributed by atoms with Crippen molar-refractivity contribution in [3.8, 4) is 11.9 Å². The zero-order valence-electron chi connectivity index (χ0n) is 30.8. The number of nitriles is 1. The second-order valence-corrected chi connectivity index (χ2v) is 15.3. The van der Waals surface area contributed by atoms with Crippen molar-refractivity contribution >= 4 is 22.5 Å². The molecule has 0 saturated carbocycles. The number of amides is 1. The highest BCUT2D eigenvalue weighted by molar-refractivity contribution is 5.97. The molecule has 0 bridgehead atoms. The Balaban J connectivity index is 0.976. The zero-order valence-corrected chi connectivity index (χ0v) is 30.8. The number of rotatable bonds is 14. The van der Waals surface area contributed by atoms with Gasteiger partial charge in [0, 0.05) is 57.0 Å². The van der Waals surface area contributed by atoms with Gasteiger partial charge >= 0.3 is 0 Å². The zero-order chi connectivity index (χ0) is 37.2. The molecular weight excluding hydrogens is 673 g/mol. The number of halogens is 1. The number of fused-ring (bicyclic) bond motifs is 1. The molecule has 2 aromatic heterocycles. The van der Waals surface area contributed by atoms with Gasteiger partial charge in [0.15, 0.2) is 0 Å². The van der Waals surface area contributed by atoms with E-state index in [0.717, 1.165) is 74.5 Å². The third-order valence-corrected chi connectivity index (χ3v) is 10.8. The predicted molar refractivity (Wildman–Crippen MR) is 199 cm³/mol. The second-order valence-electron chi connectivity index (χ2n) is 15.3. The predicted octanol–water partition coefficient (Wildman–Crippen LogP) is 5.71. The highest BCUT2D eigenvalue weighted by Crippen LogP contribution is 2.45. The van der Waals surface area contributed by atoms with Gasteiger partial charge in [0.2, 0.25) is 5.88 Å². The van der Waals surface area contributed by atoms with E-state index in [9.17, 15) is 9.18 Å². The smallest absolute Gasteiger partial charge is 0.253 e. The molecule has 1 amide bonds. The van der Waals surface area contributed by atoms with Crippen LogP contribution in [0.3, 0.4) is 0 Å². The first-order valence-corrected chi connectivity index (χ1v) is 18.4. The average Bonchev–Trinajstić information content (AvgIpc) is 3.47. The Labute approximate surface area is 310 Å². The molecule has 2 fully saturated rings. The summed E-state index contributed by atoms with van der Waals surface area (Å²) >= 11 is 0. The third kappa shape index (κ3) is 8.29. The highest BCUT2D eigenvalue weighted by Gasteiger charge is 2.44. The molecule has 53 heavy (non-hydrogen) atoms. The van der Waals surface area contributed by atoms with Crippen LogP contribution in [-0.2, 0) is 29.2 Å². The van der Waals surface area contributed by atoms with Crippen molar-refractivity contribution in [1.82, 2.24) is 24.3 Å². The summed E-state index contributed by atoms with van der Waals surface area (Å²) in [5.41, 5.74) is 10.8. The number of imidazole rings is 1. The van der Waals surface area contributed by atoms with Crippen LogP contribution in [0.5, 0.6) is 5.88 Å². The minimum Gasteiger partial charge on any atom is -0.473 e. The van der Waals surface area contributed by atoms with E-state index in [1.54, 1.807) is 30.1 Å². The lowest BCUT2D eigenvalue weighted by molar-refractivity contribution is -0.0600. The Morgan fingerprint density at radius 1 is 1.19 bits per heavy atom. The molecule has 0 radical (unpaired) electrons. The number of pyridine rings is 1. The Bertz CT molecular complexity index is 2040. The Morgan fingerprint density at radius 2 is 2.02 bits per heavy atom. The molecule has 1 aliphatic carbocycles. The number of aromatic nitrogens is 3. The van der Waals surface area contributed by atoms with Crippen LogP contribution in [0, 0.1) is 22.6 Å². The van der Waals surface area contributed by atoms with E-state index in [1.807, 2.05) is 50.2 Å². The maximum Gasteiger partial charge on any atom is 0.253 e. The average molecular weight is 722 g/mol. The van der Waals surface area contributed by atoms with Crippen molar-refractivity contribution in [1.29, 1.82) is 5.26 Å². The fourth-order valence-electron chi connectivity index (χ4n) is 7.34. The summed E-state index contributed by atoms with van der Waals surface area (Å²) in [5.74, 6) is 0.917. The molecule has 2 saturated heterocycles. The number of hydrogen-bond acceptors (Lipinski definition) is 9. The van der Waals surface area contributed by atoms with Crippen molar-refractivity contribution in [3.63, 3.8) is 0 Å². The first kappa shape index (κ1) is 36.7. The third-order valence-electron chi connectivity index (χ3n) is 10.8. The lowest BCUT2D eigenvalue weighted by atomic mass is 9.69. The van der Waals surface area contributed by atoms with Crippen molar-refractivity contribution in [2.75, 3.05) is 46.4 Å². The maximum atomic E-state index is 14.3. The van der Waals surface area contributed by atoms with E-state index >= 15 is 0 Å². The Morgan fingerprint density at radius 3 is 2.72 bits per heavy atom. The molecule has 1 spiro atoms. The topological polar surface area (TPSA) is 132 Å². The minimum absolute atomic E-state index is 0.0363. The van der Waals surface area contributed by atoms with Gasteiger partial charge in [0.25, 0.3) is 5.91 Å². The van der Waals surface area contributed by atoms with Gasteiger partial charge in [0.1, 0.15) is 18.2 Å². The van der Waals surface area contributed by atoms with Gasteiger partial charge in [-0.05, 0) is 86.9 Å². The molecule has 4 aromatic rings. The van der Waals surface area contributed by atoms with Crippen molar-refractivity contribution in [2.45, 2.75) is 70.9 Å². The van der Waals surface area contributed by atoms with Crippen LogP contribution in [0.2, 0.25) is 0 Å². The monoisotopic (exact) mass is 721 g/mol. The molecule has 1 atom stereocenters. The molecule has 2 aromatic carbocycles. The summed E-state index contributed by atoms with van der Waals surface area (Å²) < 4.78 is 34.1. The number of likely N-dealkylation sites (tertiary alicyclic amines) is 1. The molecule has 11 nitrogen and oxygen atoms in total. The molecular formula is C41H48FN7O4. The van der Waals surface area contributed by atoms with Gasteiger partial charge < -0.3 is 29.4 Å². The van der Waals surface area contributed by atoms with E-state index in [-0.39, 0.29) is 29.6 Å². The van der Waals surface area contributed by atoms with Crippen LogP contribution in [0.1, 0.15) is 72.5 Å². The maximum absolute atomic E-state index is 14.3. The number of benzene rings is 2. The van der Waals surface area contributed by atoms with Crippen LogP contribution < -0.4 is 10.5 Å². The van der Waals surface area contributed by atoms with Crippen LogP contribution in [0.15, 0.2) is 60.7 Å². The number of ether oxygens (including phenoxy) is 3. The quantitative estimate of drug-likeness (QED) is 0.174. The lowest BCUT2D eigenvalue weighted by Gasteiger charge is -2.51. The summed E-state index contributed by atoms with van der Waals surface area (Å²) in [7, 11) is 1.80. The van der Waals surface area contributed by atoms with E-state index < -0.39 is 11.4 Å². The first-order chi connectivity index (χ1) is 25.5. The highest BCUT2D eigenvalue weighted by atomic mass is 19.1. The van der Waals surface area contributed by atoms with Gasteiger partial charge in [-0.15, -0.1) is 0 Å². The van der Waals surface area contributed by atoms with Gasteiger partial charge in [-0.2, -0.15) is 5.26 Å². The number of carbonyl (C=O) groups is 1. The van der Waals surface area contributed by atoms with Crippen LogP contribution >= 0.6 is 0 Å². The van der Waals surface area contributed by atoms with E-state index in [4.69, 9.17) is 35.2 Å². The summed E-state index contributed by atoms with van der Waals surface area (Å²) in [6.07, 6.45) is 6.45. The molecule has 4 heterocycles. The van der Waals surface area contributed by atoms with Crippen LogP contribution in [0.4, 0.5) is 4.39 Å². The lowest BCUT2D eigenvalue weighted by Crippen LogP contribution is -2.56. The second kappa shape index (κ2) is 15.4.